The zero-order valence-electron chi connectivity index (χ0n) is 14.1. The minimum atomic E-state index is -0.295. The van der Waals surface area contributed by atoms with Gasteiger partial charge in [0.25, 0.3) is 5.56 Å². The van der Waals surface area contributed by atoms with E-state index in [1.165, 1.54) is 4.68 Å². The SMILES string of the molecule is O=c1c(Cl)c(N2CCCN(c3nccs3)CC2)cnn1-c1ccccc1. The molecule has 1 aromatic carbocycles. The standard InChI is InChI=1S/C18H18ClN5OS/c19-16-15(13-21-24(17(16)25)14-5-2-1-3-6-14)22-8-4-9-23(11-10-22)18-20-7-12-26-18/h1-3,5-7,12-13H,4,8-11H2. The minimum absolute atomic E-state index is 0.214. The Bertz CT molecular complexity index is 929. The third kappa shape index (κ3) is 3.32. The largest absolute Gasteiger partial charge is 0.367 e. The van der Waals surface area contributed by atoms with Crippen molar-refractivity contribution in [3.63, 3.8) is 0 Å². The number of nitrogens with zero attached hydrogens (tertiary/aromatic N) is 5. The van der Waals surface area contributed by atoms with E-state index in [-0.39, 0.29) is 10.6 Å². The maximum Gasteiger partial charge on any atom is 0.292 e. The van der Waals surface area contributed by atoms with E-state index < -0.39 is 0 Å². The van der Waals surface area contributed by atoms with Gasteiger partial charge in [0.05, 0.1) is 17.6 Å². The summed E-state index contributed by atoms with van der Waals surface area (Å²) in [5.41, 5.74) is 1.11. The van der Waals surface area contributed by atoms with Gasteiger partial charge < -0.3 is 9.80 Å². The quantitative estimate of drug-likeness (QED) is 0.691. The van der Waals surface area contributed by atoms with Crippen LogP contribution in [0.15, 0.2) is 52.9 Å². The van der Waals surface area contributed by atoms with Gasteiger partial charge in [-0.3, -0.25) is 4.79 Å². The van der Waals surface area contributed by atoms with Crippen molar-refractivity contribution in [3.05, 3.63) is 63.5 Å². The van der Waals surface area contributed by atoms with Gasteiger partial charge in [-0.2, -0.15) is 9.78 Å². The number of rotatable bonds is 3. The lowest BCUT2D eigenvalue weighted by molar-refractivity contribution is 0.773. The minimum Gasteiger partial charge on any atom is -0.367 e. The Morgan fingerprint density at radius 2 is 1.81 bits per heavy atom. The van der Waals surface area contributed by atoms with Crippen LogP contribution in [0.25, 0.3) is 5.69 Å². The second kappa shape index (κ2) is 7.47. The van der Waals surface area contributed by atoms with Crippen molar-refractivity contribution in [2.75, 3.05) is 36.0 Å². The average molecular weight is 388 g/mol. The number of hydrogen-bond donors (Lipinski definition) is 0. The molecule has 0 spiro atoms. The molecule has 134 valence electrons. The normalized spacial score (nSPS) is 15.1. The van der Waals surface area contributed by atoms with Gasteiger partial charge in [0.2, 0.25) is 0 Å². The van der Waals surface area contributed by atoms with Gasteiger partial charge in [-0.15, -0.1) is 11.3 Å². The first-order chi connectivity index (χ1) is 12.7. The molecule has 1 fully saturated rings. The molecule has 2 aromatic heterocycles. The molecule has 0 saturated carbocycles. The molecule has 0 amide bonds. The van der Waals surface area contributed by atoms with E-state index in [9.17, 15) is 4.79 Å². The summed E-state index contributed by atoms with van der Waals surface area (Å²) in [5, 5.41) is 7.58. The Morgan fingerprint density at radius 1 is 1.04 bits per heavy atom. The van der Waals surface area contributed by atoms with Gasteiger partial charge in [-0.25, -0.2) is 4.98 Å². The maximum absolute atomic E-state index is 12.7. The Morgan fingerprint density at radius 3 is 2.58 bits per heavy atom. The molecule has 4 rings (SSSR count). The molecule has 3 aromatic rings. The first-order valence-corrected chi connectivity index (χ1v) is 9.72. The molecular weight excluding hydrogens is 370 g/mol. The number of para-hydroxylation sites is 1. The molecule has 0 atom stereocenters. The van der Waals surface area contributed by atoms with Crippen molar-refractivity contribution < 1.29 is 0 Å². The summed E-state index contributed by atoms with van der Waals surface area (Å²) in [5.74, 6) is 0. The molecule has 3 heterocycles. The van der Waals surface area contributed by atoms with Gasteiger partial charge >= 0.3 is 0 Å². The predicted molar refractivity (Wildman–Crippen MR) is 106 cm³/mol. The first-order valence-electron chi connectivity index (χ1n) is 8.46. The smallest absolute Gasteiger partial charge is 0.292 e. The van der Waals surface area contributed by atoms with Crippen molar-refractivity contribution in [1.82, 2.24) is 14.8 Å². The topological polar surface area (TPSA) is 54.3 Å². The van der Waals surface area contributed by atoms with Gasteiger partial charge in [-0.05, 0) is 18.6 Å². The Balaban J connectivity index is 1.58. The van der Waals surface area contributed by atoms with Crippen LogP contribution >= 0.6 is 22.9 Å². The fourth-order valence-corrected chi connectivity index (χ4v) is 4.06. The van der Waals surface area contributed by atoms with Crippen LogP contribution in [-0.2, 0) is 0 Å². The molecule has 0 aliphatic carbocycles. The predicted octanol–water partition coefficient (Wildman–Crippen LogP) is 3.06. The van der Waals surface area contributed by atoms with Crippen LogP contribution in [0.2, 0.25) is 5.02 Å². The molecule has 6 nitrogen and oxygen atoms in total. The zero-order chi connectivity index (χ0) is 17.9. The van der Waals surface area contributed by atoms with Crippen molar-refractivity contribution in [2.24, 2.45) is 0 Å². The highest BCUT2D eigenvalue weighted by Crippen LogP contribution is 2.25. The third-order valence-corrected chi connectivity index (χ3v) is 5.62. The van der Waals surface area contributed by atoms with E-state index in [0.717, 1.165) is 37.7 Å². The lowest BCUT2D eigenvalue weighted by Crippen LogP contribution is -2.32. The number of benzene rings is 1. The van der Waals surface area contributed by atoms with Crippen LogP contribution in [-0.4, -0.2) is 40.9 Å². The van der Waals surface area contributed by atoms with Crippen LogP contribution in [0, 0.1) is 0 Å². The number of halogens is 1. The molecule has 0 radical (unpaired) electrons. The van der Waals surface area contributed by atoms with Gasteiger partial charge in [-0.1, -0.05) is 29.8 Å². The highest BCUT2D eigenvalue weighted by molar-refractivity contribution is 7.13. The summed E-state index contributed by atoms with van der Waals surface area (Å²) in [7, 11) is 0. The van der Waals surface area contributed by atoms with E-state index in [1.54, 1.807) is 17.5 Å². The summed E-state index contributed by atoms with van der Waals surface area (Å²) in [4.78, 5) is 21.5. The molecule has 26 heavy (non-hydrogen) atoms. The van der Waals surface area contributed by atoms with E-state index in [2.05, 4.69) is 19.9 Å². The monoisotopic (exact) mass is 387 g/mol. The lowest BCUT2D eigenvalue weighted by atomic mass is 10.3. The number of hydrogen-bond acceptors (Lipinski definition) is 6. The first kappa shape index (κ1) is 17.1. The summed E-state index contributed by atoms with van der Waals surface area (Å²) < 4.78 is 1.34. The number of anilines is 2. The fourth-order valence-electron chi connectivity index (χ4n) is 3.12. The number of aromatic nitrogens is 3. The molecule has 0 bridgehead atoms. The fraction of sp³-hybridized carbons (Fsp3) is 0.278. The van der Waals surface area contributed by atoms with Crippen LogP contribution in [0.1, 0.15) is 6.42 Å². The van der Waals surface area contributed by atoms with Crippen LogP contribution < -0.4 is 15.4 Å². The van der Waals surface area contributed by atoms with Crippen LogP contribution in [0.5, 0.6) is 0 Å². The summed E-state index contributed by atoms with van der Waals surface area (Å²) in [6.07, 6.45) is 4.49. The van der Waals surface area contributed by atoms with Crippen LogP contribution in [0.3, 0.4) is 0 Å². The van der Waals surface area contributed by atoms with Gasteiger partial charge in [0.15, 0.2) is 5.13 Å². The summed E-state index contributed by atoms with van der Waals surface area (Å²) in [6, 6.07) is 9.31. The highest BCUT2D eigenvalue weighted by Gasteiger charge is 2.21. The molecule has 0 unspecified atom stereocenters. The molecule has 1 aliphatic rings. The van der Waals surface area contributed by atoms with E-state index in [4.69, 9.17) is 11.6 Å². The Hall–Kier alpha value is -2.38. The Labute approximate surface area is 160 Å². The summed E-state index contributed by atoms with van der Waals surface area (Å²) in [6.45, 7) is 3.38. The van der Waals surface area contributed by atoms with Crippen molar-refractivity contribution >= 4 is 33.8 Å². The van der Waals surface area contributed by atoms with Gasteiger partial charge in [0.1, 0.15) is 5.02 Å². The third-order valence-electron chi connectivity index (χ3n) is 4.43. The molecule has 1 aliphatic heterocycles. The summed E-state index contributed by atoms with van der Waals surface area (Å²) >= 11 is 8.08. The van der Waals surface area contributed by atoms with E-state index in [0.29, 0.717) is 11.4 Å². The number of thiazole rings is 1. The van der Waals surface area contributed by atoms with Crippen molar-refractivity contribution in [3.8, 4) is 5.69 Å². The van der Waals surface area contributed by atoms with Crippen LogP contribution in [0.4, 0.5) is 10.8 Å². The molecular formula is C18H18ClN5OS. The van der Waals surface area contributed by atoms with E-state index in [1.807, 2.05) is 41.9 Å². The highest BCUT2D eigenvalue weighted by atomic mass is 35.5. The molecule has 1 saturated heterocycles. The molecule has 0 N–H and O–H groups in total. The van der Waals surface area contributed by atoms with Gasteiger partial charge in [0, 0.05) is 37.8 Å². The second-order valence-electron chi connectivity index (χ2n) is 6.04. The average Bonchev–Trinajstić information content (AvgIpc) is 3.10. The zero-order valence-corrected chi connectivity index (χ0v) is 15.7. The van der Waals surface area contributed by atoms with Crippen molar-refractivity contribution in [1.29, 1.82) is 0 Å². The second-order valence-corrected chi connectivity index (χ2v) is 7.29. The maximum atomic E-state index is 12.7. The van der Waals surface area contributed by atoms with Crippen molar-refractivity contribution in [2.45, 2.75) is 6.42 Å². The Kier molecular flexibility index (Phi) is 4.90. The lowest BCUT2D eigenvalue weighted by Gasteiger charge is -2.24. The molecule has 8 heteroatoms. The van der Waals surface area contributed by atoms with E-state index >= 15 is 0 Å².